The predicted molar refractivity (Wildman–Crippen MR) is 78.7 cm³/mol. The molecule has 0 aliphatic heterocycles. The summed E-state index contributed by atoms with van der Waals surface area (Å²) in [4.78, 5) is 0. The first-order valence-corrected chi connectivity index (χ1v) is 7.62. The van der Waals surface area contributed by atoms with Crippen LogP contribution in [0, 0.1) is 5.92 Å². The summed E-state index contributed by atoms with van der Waals surface area (Å²) in [5.41, 5.74) is 1.44. The molecular weight excluding hydrogens is 218 g/mol. The van der Waals surface area contributed by atoms with Crippen LogP contribution in [0.25, 0.3) is 0 Å². The van der Waals surface area contributed by atoms with E-state index in [2.05, 4.69) is 42.7 Å². The second-order valence-corrected chi connectivity index (χ2v) is 5.69. The van der Waals surface area contributed by atoms with Crippen molar-refractivity contribution in [2.24, 2.45) is 5.92 Å². The van der Waals surface area contributed by atoms with E-state index < -0.39 is 0 Å². The Morgan fingerprint density at radius 3 is 2.33 bits per heavy atom. The average Bonchev–Trinajstić information content (AvgIpc) is 2.69. The fourth-order valence-corrected chi connectivity index (χ4v) is 3.22. The normalized spacial score (nSPS) is 19.4. The summed E-state index contributed by atoms with van der Waals surface area (Å²) >= 11 is 0. The van der Waals surface area contributed by atoms with Crippen LogP contribution >= 0.6 is 0 Å². The molecule has 1 aromatic rings. The van der Waals surface area contributed by atoms with E-state index in [0.29, 0.717) is 6.04 Å². The lowest BCUT2D eigenvalue weighted by Crippen LogP contribution is -2.17. The van der Waals surface area contributed by atoms with Gasteiger partial charge in [-0.3, -0.25) is 0 Å². The molecular formula is C17H27N. The van der Waals surface area contributed by atoms with Crippen LogP contribution in [-0.2, 0) is 0 Å². The summed E-state index contributed by atoms with van der Waals surface area (Å²) in [5, 5.41) is 3.47. The van der Waals surface area contributed by atoms with Crippen molar-refractivity contribution in [1.82, 2.24) is 5.32 Å². The van der Waals surface area contributed by atoms with Crippen molar-refractivity contribution in [1.29, 1.82) is 0 Å². The highest BCUT2D eigenvalue weighted by molar-refractivity contribution is 5.18. The lowest BCUT2D eigenvalue weighted by atomic mass is 9.91. The van der Waals surface area contributed by atoms with Crippen LogP contribution in [0.2, 0.25) is 0 Å². The van der Waals surface area contributed by atoms with Crippen LogP contribution in [-0.4, -0.2) is 7.05 Å². The van der Waals surface area contributed by atoms with Gasteiger partial charge in [-0.05, 0) is 31.4 Å². The Morgan fingerprint density at radius 1 is 1.06 bits per heavy atom. The predicted octanol–water partition coefficient (Wildman–Crippen LogP) is 4.70. The van der Waals surface area contributed by atoms with Gasteiger partial charge >= 0.3 is 0 Å². The number of nitrogens with one attached hydrogen (secondary N) is 1. The molecule has 1 atom stereocenters. The van der Waals surface area contributed by atoms with Gasteiger partial charge in [0, 0.05) is 6.04 Å². The van der Waals surface area contributed by atoms with Crippen LogP contribution < -0.4 is 5.32 Å². The standard InChI is InChI=1S/C17H27N/c1-18-17(16-11-7-4-8-12-16)14-13-15-9-5-2-3-6-10-15/h4,7-8,11-12,15,17-18H,2-3,5-6,9-10,13-14H2,1H3. The largest absolute Gasteiger partial charge is 0.313 e. The zero-order valence-electron chi connectivity index (χ0n) is 11.7. The van der Waals surface area contributed by atoms with Gasteiger partial charge in [-0.15, -0.1) is 0 Å². The number of benzene rings is 1. The van der Waals surface area contributed by atoms with Crippen molar-refractivity contribution in [3.05, 3.63) is 35.9 Å². The maximum atomic E-state index is 3.47. The molecule has 1 aliphatic carbocycles. The summed E-state index contributed by atoms with van der Waals surface area (Å²) in [6, 6.07) is 11.4. The second-order valence-electron chi connectivity index (χ2n) is 5.69. The van der Waals surface area contributed by atoms with Crippen LogP contribution in [0.1, 0.15) is 63.0 Å². The first kappa shape index (κ1) is 13.6. The van der Waals surface area contributed by atoms with Crippen molar-refractivity contribution in [2.45, 2.75) is 57.4 Å². The summed E-state index contributed by atoms with van der Waals surface area (Å²) < 4.78 is 0. The minimum atomic E-state index is 0.537. The molecule has 1 heteroatoms. The molecule has 1 aromatic carbocycles. The number of hydrogen-bond acceptors (Lipinski definition) is 1. The minimum absolute atomic E-state index is 0.537. The molecule has 1 fully saturated rings. The fraction of sp³-hybridized carbons (Fsp3) is 0.647. The third-order valence-corrected chi connectivity index (χ3v) is 4.39. The third-order valence-electron chi connectivity index (χ3n) is 4.39. The molecule has 0 aromatic heterocycles. The molecule has 0 radical (unpaired) electrons. The minimum Gasteiger partial charge on any atom is -0.313 e. The maximum absolute atomic E-state index is 3.47. The van der Waals surface area contributed by atoms with Gasteiger partial charge in [0.25, 0.3) is 0 Å². The molecule has 0 bridgehead atoms. The van der Waals surface area contributed by atoms with Crippen LogP contribution in [0.3, 0.4) is 0 Å². The van der Waals surface area contributed by atoms with Crippen LogP contribution in [0.4, 0.5) is 0 Å². The van der Waals surface area contributed by atoms with Crippen molar-refractivity contribution < 1.29 is 0 Å². The van der Waals surface area contributed by atoms with Gasteiger partial charge in [0.05, 0.1) is 0 Å². The molecule has 1 nitrogen and oxygen atoms in total. The second kappa shape index (κ2) is 7.58. The van der Waals surface area contributed by atoms with E-state index in [1.54, 1.807) is 0 Å². The van der Waals surface area contributed by atoms with Gasteiger partial charge in [-0.2, -0.15) is 0 Å². The maximum Gasteiger partial charge on any atom is 0.0317 e. The smallest absolute Gasteiger partial charge is 0.0317 e. The Labute approximate surface area is 112 Å². The number of rotatable bonds is 5. The zero-order valence-corrected chi connectivity index (χ0v) is 11.7. The Bertz CT molecular complexity index is 312. The first-order chi connectivity index (χ1) is 8.90. The van der Waals surface area contributed by atoms with Gasteiger partial charge in [0.2, 0.25) is 0 Å². The molecule has 100 valence electrons. The quantitative estimate of drug-likeness (QED) is 0.742. The highest BCUT2D eigenvalue weighted by Crippen LogP contribution is 2.29. The molecule has 18 heavy (non-hydrogen) atoms. The topological polar surface area (TPSA) is 12.0 Å². The van der Waals surface area contributed by atoms with Gasteiger partial charge in [-0.25, -0.2) is 0 Å². The third kappa shape index (κ3) is 4.13. The Morgan fingerprint density at radius 2 is 1.72 bits per heavy atom. The van der Waals surface area contributed by atoms with Crippen molar-refractivity contribution in [3.63, 3.8) is 0 Å². The van der Waals surface area contributed by atoms with E-state index >= 15 is 0 Å². The van der Waals surface area contributed by atoms with Crippen LogP contribution in [0.5, 0.6) is 0 Å². The molecule has 2 rings (SSSR count). The molecule has 0 amide bonds. The Balaban J connectivity index is 1.83. The molecule has 1 N–H and O–H groups in total. The lowest BCUT2D eigenvalue weighted by molar-refractivity contribution is 0.383. The summed E-state index contributed by atoms with van der Waals surface area (Å²) in [6.07, 6.45) is 11.4. The monoisotopic (exact) mass is 245 g/mol. The van der Waals surface area contributed by atoms with E-state index in [1.807, 2.05) is 0 Å². The average molecular weight is 245 g/mol. The van der Waals surface area contributed by atoms with Crippen molar-refractivity contribution in [2.75, 3.05) is 7.05 Å². The molecule has 1 unspecified atom stereocenters. The highest BCUT2D eigenvalue weighted by Gasteiger charge is 2.15. The molecule has 1 aliphatic rings. The fourth-order valence-electron chi connectivity index (χ4n) is 3.22. The van der Waals surface area contributed by atoms with Crippen LogP contribution in [0.15, 0.2) is 30.3 Å². The van der Waals surface area contributed by atoms with E-state index in [4.69, 9.17) is 0 Å². The van der Waals surface area contributed by atoms with Gasteiger partial charge in [0.15, 0.2) is 0 Å². The summed E-state index contributed by atoms with van der Waals surface area (Å²) in [5.74, 6) is 0.979. The zero-order chi connectivity index (χ0) is 12.6. The van der Waals surface area contributed by atoms with E-state index in [9.17, 15) is 0 Å². The van der Waals surface area contributed by atoms with Gasteiger partial charge in [-0.1, -0.05) is 68.9 Å². The molecule has 1 saturated carbocycles. The lowest BCUT2D eigenvalue weighted by Gasteiger charge is -2.20. The van der Waals surface area contributed by atoms with Gasteiger partial charge < -0.3 is 5.32 Å². The summed E-state index contributed by atoms with van der Waals surface area (Å²) in [6.45, 7) is 0. The van der Waals surface area contributed by atoms with E-state index in [0.717, 1.165) is 5.92 Å². The van der Waals surface area contributed by atoms with Crippen molar-refractivity contribution in [3.8, 4) is 0 Å². The molecule has 0 saturated heterocycles. The SMILES string of the molecule is CNC(CCC1CCCCCC1)c1ccccc1. The van der Waals surface area contributed by atoms with Gasteiger partial charge in [0.1, 0.15) is 0 Å². The molecule has 0 spiro atoms. The Kier molecular flexibility index (Phi) is 5.73. The number of hydrogen-bond donors (Lipinski definition) is 1. The van der Waals surface area contributed by atoms with Crippen molar-refractivity contribution >= 4 is 0 Å². The molecule has 0 heterocycles. The highest BCUT2D eigenvalue weighted by atomic mass is 14.9. The summed E-state index contributed by atoms with van der Waals surface area (Å²) in [7, 11) is 2.09. The van der Waals surface area contributed by atoms with E-state index in [1.165, 1.54) is 56.9 Å². The van der Waals surface area contributed by atoms with E-state index in [-0.39, 0.29) is 0 Å². The Hall–Kier alpha value is -0.820. The first-order valence-electron chi connectivity index (χ1n) is 7.62.